The number of fused-ring (bicyclic) bond motifs is 1. The van der Waals surface area contributed by atoms with E-state index in [2.05, 4.69) is 4.42 Å². The SMILES string of the molecule is O=C(O)c1cc2cc(O)c(O)c(O)c2oc1=O. The number of phenols is 3. The third kappa shape index (κ3) is 1.53. The molecule has 2 rings (SSSR count). The molecule has 0 amide bonds. The van der Waals surface area contributed by atoms with Crippen LogP contribution in [0.25, 0.3) is 11.0 Å². The highest BCUT2D eigenvalue weighted by Gasteiger charge is 2.18. The van der Waals surface area contributed by atoms with Crippen LogP contribution in [0.1, 0.15) is 10.4 Å². The summed E-state index contributed by atoms with van der Waals surface area (Å²) in [5, 5.41) is 36.5. The molecule has 0 atom stereocenters. The molecule has 0 fully saturated rings. The number of carbonyl (C=O) groups is 1. The quantitative estimate of drug-likeness (QED) is 0.423. The van der Waals surface area contributed by atoms with Gasteiger partial charge in [0.15, 0.2) is 11.3 Å². The molecule has 0 saturated heterocycles. The van der Waals surface area contributed by atoms with Crippen LogP contribution in [-0.4, -0.2) is 26.4 Å². The van der Waals surface area contributed by atoms with Gasteiger partial charge in [0.2, 0.25) is 11.5 Å². The van der Waals surface area contributed by atoms with Gasteiger partial charge in [-0.2, -0.15) is 0 Å². The van der Waals surface area contributed by atoms with E-state index in [9.17, 15) is 24.9 Å². The lowest BCUT2D eigenvalue weighted by molar-refractivity contribution is 0.0692. The van der Waals surface area contributed by atoms with E-state index in [1.807, 2.05) is 0 Å². The zero-order valence-electron chi connectivity index (χ0n) is 8.17. The van der Waals surface area contributed by atoms with Gasteiger partial charge in [0.05, 0.1) is 0 Å². The fourth-order valence-electron chi connectivity index (χ4n) is 1.37. The molecule has 0 aliphatic carbocycles. The molecule has 0 spiro atoms. The maximum atomic E-state index is 11.2. The maximum Gasteiger partial charge on any atom is 0.351 e. The van der Waals surface area contributed by atoms with Gasteiger partial charge in [-0.25, -0.2) is 9.59 Å². The molecule has 7 heteroatoms. The topological polar surface area (TPSA) is 128 Å². The van der Waals surface area contributed by atoms with Crippen molar-refractivity contribution in [2.75, 3.05) is 0 Å². The highest BCUT2D eigenvalue weighted by atomic mass is 16.4. The summed E-state index contributed by atoms with van der Waals surface area (Å²) < 4.78 is 4.56. The molecule has 88 valence electrons. The molecule has 17 heavy (non-hydrogen) atoms. The van der Waals surface area contributed by atoms with Crippen LogP contribution >= 0.6 is 0 Å². The van der Waals surface area contributed by atoms with E-state index < -0.39 is 40.0 Å². The second-order valence-corrected chi connectivity index (χ2v) is 3.26. The molecule has 1 aromatic heterocycles. The van der Waals surface area contributed by atoms with E-state index >= 15 is 0 Å². The Kier molecular flexibility index (Phi) is 2.17. The Morgan fingerprint density at radius 3 is 2.35 bits per heavy atom. The number of rotatable bonds is 1. The Labute approximate surface area is 92.8 Å². The number of hydrogen-bond acceptors (Lipinski definition) is 6. The highest BCUT2D eigenvalue weighted by Crippen LogP contribution is 2.40. The first-order chi connectivity index (χ1) is 7.91. The highest BCUT2D eigenvalue weighted by molar-refractivity contribution is 5.94. The van der Waals surface area contributed by atoms with Crippen molar-refractivity contribution in [3.63, 3.8) is 0 Å². The van der Waals surface area contributed by atoms with E-state index in [0.29, 0.717) is 0 Å². The number of carboxylic acids is 1. The smallest absolute Gasteiger partial charge is 0.351 e. The largest absolute Gasteiger partial charge is 0.504 e. The number of phenolic OH excluding ortho intramolecular Hbond substituents is 3. The van der Waals surface area contributed by atoms with Crippen molar-refractivity contribution in [3.05, 3.63) is 28.1 Å². The summed E-state index contributed by atoms with van der Waals surface area (Å²) in [5.74, 6) is -3.81. The van der Waals surface area contributed by atoms with Gasteiger partial charge in [-0.1, -0.05) is 0 Å². The summed E-state index contributed by atoms with van der Waals surface area (Å²) in [4.78, 5) is 21.9. The molecule has 0 radical (unpaired) electrons. The Morgan fingerprint density at radius 2 is 1.76 bits per heavy atom. The second-order valence-electron chi connectivity index (χ2n) is 3.26. The molecule has 0 bridgehead atoms. The summed E-state index contributed by atoms with van der Waals surface area (Å²) >= 11 is 0. The van der Waals surface area contributed by atoms with Crippen molar-refractivity contribution in [3.8, 4) is 17.2 Å². The van der Waals surface area contributed by atoms with Crippen LogP contribution in [0.2, 0.25) is 0 Å². The molecular formula is C10H6O7. The van der Waals surface area contributed by atoms with Gasteiger partial charge < -0.3 is 24.8 Å². The number of aromatic carboxylic acids is 1. The fraction of sp³-hybridized carbons (Fsp3) is 0. The third-order valence-corrected chi connectivity index (χ3v) is 2.18. The fourth-order valence-corrected chi connectivity index (χ4v) is 1.37. The summed E-state index contributed by atoms with van der Waals surface area (Å²) in [6, 6.07) is 1.90. The van der Waals surface area contributed by atoms with Crippen molar-refractivity contribution >= 4 is 16.9 Å². The predicted octanol–water partition coefficient (Wildman–Crippen LogP) is 0.608. The van der Waals surface area contributed by atoms with Crippen molar-refractivity contribution in [1.82, 2.24) is 0 Å². The van der Waals surface area contributed by atoms with Crippen LogP contribution in [0.5, 0.6) is 17.2 Å². The molecule has 1 heterocycles. The van der Waals surface area contributed by atoms with E-state index in [4.69, 9.17) is 5.11 Å². The molecule has 0 aliphatic heterocycles. The zero-order valence-corrected chi connectivity index (χ0v) is 8.17. The van der Waals surface area contributed by atoms with Crippen molar-refractivity contribution in [2.24, 2.45) is 0 Å². The summed E-state index contributed by atoms with van der Waals surface area (Å²) in [6.45, 7) is 0. The zero-order chi connectivity index (χ0) is 12.7. The normalized spacial score (nSPS) is 10.6. The maximum absolute atomic E-state index is 11.2. The summed E-state index contributed by atoms with van der Waals surface area (Å²) in [5.41, 5.74) is -2.19. The number of hydrogen-bond donors (Lipinski definition) is 4. The van der Waals surface area contributed by atoms with Crippen molar-refractivity contribution in [1.29, 1.82) is 0 Å². The number of carboxylic acid groups (broad SMARTS) is 1. The summed E-state index contributed by atoms with van der Waals surface area (Å²) in [7, 11) is 0. The molecule has 7 nitrogen and oxygen atoms in total. The van der Waals surface area contributed by atoms with Crippen LogP contribution in [-0.2, 0) is 0 Å². The van der Waals surface area contributed by atoms with Crippen LogP contribution in [0, 0.1) is 0 Å². The number of aromatic hydroxyl groups is 3. The van der Waals surface area contributed by atoms with Gasteiger partial charge in [0.1, 0.15) is 5.56 Å². The van der Waals surface area contributed by atoms with E-state index in [1.165, 1.54) is 0 Å². The van der Waals surface area contributed by atoms with Gasteiger partial charge in [0.25, 0.3) is 0 Å². The Morgan fingerprint density at radius 1 is 1.12 bits per heavy atom. The lowest BCUT2D eigenvalue weighted by atomic mass is 10.1. The van der Waals surface area contributed by atoms with Crippen molar-refractivity contribution < 1.29 is 29.6 Å². The number of benzene rings is 1. The summed E-state index contributed by atoms with van der Waals surface area (Å²) in [6.07, 6.45) is 0. The van der Waals surface area contributed by atoms with Gasteiger partial charge in [0, 0.05) is 5.39 Å². The molecule has 1 aromatic carbocycles. The monoisotopic (exact) mass is 238 g/mol. The van der Waals surface area contributed by atoms with Crippen LogP contribution in [0.15, 0.2) is 21.3 Å². The van der Waals surface area contributed by atoms with Gasteiger partial charge in [-0.3, -0.25) is 0 Å². The molecule has 0 unspecified atom stereocenters. The van der Waals surface area contributed by atoms with E-state index in [-0.39, 0.29) is 5.39 Å². The van der Waals surface area contributed by atoms with Crippen molar-refractivity contribution in [2.45, 2.75) is 0 Å². The lowest BCUT2D eigenvalue weighted by Crippen LogP contribution is -2.12. The third-order valence-electron chi connectivity index (χ3n) is 2.18. The Bertz CT molecular complexity index is 683. The van der Waals surface area contributed by atoms with Gasteiger partial charge in [-0.05, 0) is 12.1 Å². The van der Waals surface area contributed by atoms with Crippen LogP contribution in [0.4, 0.5) is 0 Å². The molecule has 0 aliphatic rings. The molecule has 2 aromatic rings. The van der Waals surface area contributed by atoms with E-state index in [1.54, 1.807) is 0 Å². The van der Waals surface area contributed by atoms with Gasteiger partial charge >= 0.3 is 11.6 Å². The minimum Gasteiger partial charge on any atom is -0.504 e. The predicted molar refractivity (Wildman–Crippen MR) is 54.4 cm³/mol. The minimum absolute atomic E-state index is 0.0187. The molecular weight excluding hydrogens is 232 g/mol. The average molecular weight is 238 g/mol. The van der Waals surface area contributed by atoms with Crippen LogP contribution in [0.3, 0.4) is 0 Å². The van der Waals surface area contributed by atoms with Gasteiger partial charge in [-0.15, -0.1) is 0 Å². The Balaban J connectivity index is 2.94. The van der Waals surface area contributed by atoms with Crippen LogP contribution < -0.4 is 5.63 Å². The first kappa shape index (κ1) is 10.8. The first-order valence-corrected chi connectivity index (χ1v) is 4.37. The average Bonchev–Trinajstić information content (AvgIpc) is 2.26. The van der Waals surface area contributed by atoms with E-state index in [0.717, 1.165) is 12.1 Å². The first-order valence-electron chi connectivity index (χ1n) is 4.37. The molecule has 0 saturated carbocycles. The standard InChI is InChI=1S/C10H6O7/c11-5-2-3-1-4(9(14)15)10(16)17-8(3)7(13)6(5)12/h1-2,11-13H,(H,14,15). The Hall–Kier alpha value is -2.70. The molecule has 4 N–H and O–H groups in total. The lowest BCUT2D eigenvalue weighted by Gasteiger charge is -2.04. The minimum atomic E-state index is -1.49. The second kappa shape index (κ2) is 3.41.